The molecule has 24 heavy (non-hydrogen) atoms. The molecule has 0 amide bonds. The summed E-state index contributed by atoms with van der Waals surface area (Å²) in [6, 6.07) is 0. The van der Waals surface area contributed by atoms with E-state index in [4.69, 9.17) is 5.11 Å². The third kappa shape index (κ3) is 4.43. The highest BCUT2D eigenvalue weighted by atomic mass is 35.5. The molecule has 0 rings (SSSR count). The molecular formula is C7HCl2F11O4. The molecule has 2 atom stereocenters. The Kier molecular flexibility index (Phi) is 5.97. The first-order valence-corrected chi connectivity index (χ1v) is 5.46. The number of rotatable bonds is 7. The van der Waals surface area contributed by atoms with Gasteiger partial charge < -0.3 is 5.11 Å². The van der Waals surface area contributed by atoms with Crippen molar-refractivity contribution >= 4 is 29.2 Å². The fourth-order valence-corrected chi connectivity index (χ4v) is 0.923. The molecule has 0 aliphatic rings. The number of carboxylic acid groups (broad SMARTS) is 1. The molecule has 0 aromatic carbocycles. The van der Waals surface area contributed by atoms with E-state index >= 15 is 0 Å². The lowest BCUT2D eigenvalue weighted by molar-refractivity contribution is -0.510. The normalized spacial score (nSPS) is 19.5. The van der Waals surface area contributed by atoms with E-state index in [-0.39, 0.29) is 0 Å². The summed E-state index contributed by atoms with van der Waals surface area (Å²) in [6.45, 7) is 0. The quantitative estimate of drug-likeness (QED) is 0.487. The van der Waals surface area contributed by atoms with E-state index < -0.39 is 40.9 Å². The standard InChI is InChI=1S/C7HCl2F11O4/c8-4(13,14)5(9,15)24-7(19,20)3(12,6(16,17)18)23-2(10,11)1(21)22/h(H,21,22). The van der Waals surface area contributed by atoms with E-state index in [0.717, 1.165) is 0 Å². The molecule has 17 heteroatoms. The van der Waals surface area contributed by atoms with Crippen LogP contribution in [0.3, 0.4) is 0 Å². The van der Waals surface area contributed by atoms with Crippen molar-refractivity contribution in [3.05, 3.63) is 0 Å². The molecule has 0 radical (unpaired) electrons. The van der Waals surface area contributed by atoms with Crippen molar-refractivity contribution in [2.75, 3.05) is 0 Å². The third-order valence-corrected chi connectivity index (χ3v) is 2.50. The van der Waals surface area contributed by atoms with Gasteiger partial charge in [-0.25, -0.2) is 4.79 Å². The first-order chi connectivity index (χ1) is 10.1. The Balaban J connectivity index is 6.05. The van der Waals surface area contributed by atoms with Crippen LogP contribution in [-0.2, 0) is 14.3 Å². The fourth-order valence-electron chi connectivity index (χ4n) is 0.787. The summed E-state index contributed by atoms with van der Waals surface area (Å²) in [5.74, 6) is -10.8. The minimum Gasteiger partial charge on any atom is -0.475 e. The van der Waals surface area contributed by atoms with E-state index in [1.807, 2.05) is 9.47 Å². The molecular weight excluding hydrogens is 428 g/mol. The number of hydrogen-bond acceptors (Lipinski definition) is 3. The van der Waals surface area contributed by atoms with Crippen molar-refractivity contribution in [3.63, 3.8) is 0 Å². The van der Waals surface area contributed by atoms with E-state index in [1.165, 1.54) is 0 Å². The maximum Gasteiger partial charge on any atom is 0.459 e. The summed E-state index contributed by atoms with van der Waals surface area (Å²) < 4.78 is 143. The number of aliphatic carboxylic acids is 1. The van der Waals surface area contributed by atoms with E-state index in [2.05, 4.69) is 23.2 Å². The van der Waals surface area contributed by atoms with Crippen LogP contribution in [0.2, 0.25) is 0 Å². The highest BCUT2D eigenvalue weighted by Gasteiger charge is 2.80. The predicted octanol–water partition coefficient (Wildman–Crippen LogP) is 4.21. The molecule has 0 fully saturated rings. The van der Waals surface area contributed by atoms with Crippen molar-refractivity contribution in [2.24, 2.45) is 0 Å². The van der Waals surface area contributed by atoms with Gasteiger partial charge >= 0.3 is 40.9 Å². The molecule has 0 spiro atoms. The van der Waals surface area contributed by atoms with Gasteiger partial charge in [0.1, 0.15) is 0 Å². The zero-order valence-electron chi connectivity index (χ0n) is 10.1. The molecule has 0 aromatic heterocycles. The molecule has 2 unspecified atom stereocenters. The zero-order valence-corrected chi connectivity index (χ0v) is 11.6. The Bertz CT molecular complexity index is 488. The lowest BCUT2D eigenvalue weighted by Crippen LogP contribution is -2.64. The van der Waals surface area contributed by atoms with Crippen molar-refractivity contribution in [1.82, 2.24) is 0 Å². The van der Waals surface area contributed by atoms with Crippen LogP contribution in [0, 0.1) is 0 Å². The van der Waals surface area contributed by atoms with Gasteiger partial charge in [-0.3, -0.25) is 9.47 Å². The summed E-state index contributed by atoms with van der Waals surface area (Å²) in [5.41, 5.74) is 0. The summed E-state index contributed by atoms with van der Waals surface area (Å²) >= 11 is 7.74. The van der Waals surface area contributed by atoms with Crippen LogP contribution in [0.5, 0.6) is 0 Å². The van der Waals surface area contributed by atoms with Crippen LogP contribution in [0.1, 0.15) is 0 Å². The van der Waals surface area contributed by atoms with Gasteiger partial charge in [0.25, 0.3) is 0 Å². The monoisotopic (exact) mass is 428 g/mol. The molecule has 0 saturated carbocycles. The Morgan fingerprint density at radius 2 is 1.17 bits per heavy atom. The minimum absolute atomic E-state index is 1.86. The Labute approximate surface area is 133 Å². The number of halogens is 13. The van der Waals surface area contributed by atoms with Crippen molar-refractivity contribution in [1.29, 1.82) is 0 Å². The number of hydrogen-bond donors (Lipinski definition) is 1. The summed E-state index contributed by atoms with van der Waals surface area (Å²) in [4.78, 5) is 9.86. The molecule has 1 N–H and O–H groups in total. The smallest absolute Gasteiger partial charge is 0.459 e. The maximum atomic E-state index is 13.4. The van der Waals surface area contributed by atoms with Crippen LogP contribution in [-0.4, -0.2) is 46.0 Å². The van der Waals surface area contributed by atoms with E-state index in [9.17, 15) is 53.1 Å². The summed E-state index contributed by atoms with van der Waals surface area (Å²) in [5, 5.41) is -3.69. The van der Waals surface area contributed by atoms with Gasteiger partial charge in [-0.2, -0.15) is 48.3 Å². The van der Waals surface area contributed by atoms with Crippen LogP contribution in [0.15, 0.2) is 0 Å². The molecule has 144 valence electrons. The van der Waals surface area contributed by atoms with Gasteiger partial charge in [-0.15, -0.1) is 0 Å². The average molecular weight is 429 g/mol. The predicted molar refractivity (Wildman–Crippen MR) is 50.1 cm³/mol. The van der Waals surface area contributed by atoms with Crippen LogP contribution < -0.4 is 0 Å². The zero-order chi connectivity index (χ0) is 20.0. The first kappa shape index (κ1) is 23.2. The SMILES string of the molecule is O=C(O)C(F)(F)OC(F)(C(F)(F)F)C(F)(F)OC(F)(Cl)C(F)(F)Cl. The van der Waals surface area contributed by atoms with Gasteiger partial charge in [0.2, 0.25) is 0 Å². The molecule has 0 saturated heterocycles. The van der Waals surface area contributed by atoms with E-state index in [0.29, 0.717) is 0 Å². The van der Waals surface area contributed by atoms with Gasteiger partial charge in [0, 0.05) is 0 Å². The first-order valence-electron chi connectivity index (χ1n) is 4.70. The summed E-state index contributed by atoms with van der Waals surface area (Å²) in [6.07, 6.45) is -20.6. The Hall–Kier alpha value is -0.800. The van der Waals surface area contributed by atoms with Crippen LogP contribution in [0.4, 0.5) is 48.3 Å². The third-order valence-electron chi connectivity index (χ3n) is 1.84. The second-order valence-corrected chi connectivity index (χ2v) is 4.61. The Morgan fingerprint density at radius 1 is 0.792 bits per heavy atom. The van der Waals surface area contributed by atoms with Crippen molar-refractivity contribution in [3.8, 4) is 0 Å². The second kappa shape index (κ2) is 6.17. The van der Waals surface area contributed by atoms with Crippen LogP contribution in [0.25, 0.3) is 0 Å². The Morgan fingerprint density at radius 3 is 1.42 bits per heavy atom. The largest absolute Gasteiger partial charge is 0.475 e. The molecule has 4 nitrogen and oxygen atoms in total. The molecule has 0 heterocycles. The minimum atomic E-state index is -7.25. The van der Waals surface area contributed by atoms with Gasteiger partial charge in [-0.05, 0) is 23.2 Å². The fraction of sp³-hybridized carbons (Fsp3) is 0.857. The number of alkyl halides is 13. The maximum absolute atomic E-state index is 13.4. The molecule has 0 bridgehead atoms. The van der Waals surface area contributed by atoms with Gasteiger partial charge in [0.15, 0.2) is 0 Å². The lowest BCUT2D eigenvalue weighted by Gasteiger charge is -2.37. The highest BCUT2D eigenvalue weighted by Crippen LogP contribution is 2.53. The number of ether oxygens (including phenoxy) is 2. The molecule has 0 aromatic rings. The number of carboxylic acids is 1. The molecule has 0 aliphatic carbocycles. The van der Waals surface area contributed by atoms with Gasteiger partial charge in [0.05, 0.1) is 0 Å². The van der Waals surface area contributed by atoms with Crippen LogP contribution >= 0.6 is 23.2 Å². The second-order valence-electron chi connectivity index (χ2n) is 3.65. The molecule has 0 aliphatic heterocycles. The average Bonchev–Trinajstić information content (AvgIpc) is 2.22. The number of carbonyl (C=O) groups is 1. The highest BCUT2D eigenvalue weighted by molar-refractivity contribution is 6.31. The van der Waals surface area contributed by atoms with Crippen molar-refractivity contribution in [2.45, 2.75) is 34.9 Å². The van der Waals surface area contributed by atoms with Crippen molar-refractivity contribution < 1.29 is 67.7 Å². The topological polar surface area (TPSA) is 55.8 Å². The van der Waals surface area contributed by atoms with E-state index in [1.54, 1.807) is 0 Å². The lowest BCUT2D eigenvalue weighted by atomic mass is 10.2. The van der Waals surface area contributed by atoms with Gasteiger partial charge in [-0.1, -0.05) is 0 Å². The summed E-state index contributed by atoms with van der Waals surface area (Å²) in [7, 11) is 0.